The molecule has 0 aromatic heterocycles. The normalized spacial score (nSPS) is 14.8. The van der Waals surface area contributed by atoms with E-state index in [1.807, 2.05) is 0 Å². The molecule has 1 rings (SSSR count). The first-order valence-corrected chi connectivity index (χ1v) is 9.02. The highest BCUT2D eigenvalue weighted by Crippen LogP contribution is 2.22. The average Bonchev–Trinajstić information content (AvgIpc) is 2.34. The van der Waals surface area contributed by atoms with Crippen molar-refractivity contribution in [3.63, 3.8) is 0 Å². The molecule has 0 heterocycles. The standard InChI is InChI=1S/C13H20N2O3S2/c1-13(15,12(14)16)8-3-9-19-10-4-6-11(7-5-10)20(2,17)18/h4-7H,3,8-9,15H2,1-2H3,(H2,14,16). The summed E-state index contributed by atoms with van der Waals surface area (Å²) in [5.74, 6) is 0.290. The van der Waals surface area contributed by atoms with Crippen LogP contribution in [0.4, 0.5) is 0 Å². The number of nitrogens with two attached hydrogens (primary N) is 2. The fourth-order valence-corrected chi connectivity index (χ4v) is 3.02. The lowest BCUT2D eigenvalue weighted by molar-refractivity contribution is -0.122. The summed E-state index contributed by atoms with van der Waals surface area (Å²) in [5, 5.41) is 0. The third-order valence-corrected chi connectivity index (χ3v) is 5.15. The largest absolute Gasteiger partial charge is 0.368 e. The first-order valence-electron chi connectivity index (χ1n) is 6.14. The predicted octanol–water partition coefficient (Wildman–Crippen LogP) is 1.17. The molecule has 4 N–H and O–H groups in total. The summed E-state index contributed by atoms with van der Waals surface area (Å²) >= 11 is 1.59. The summed E-state index contributed by atoms with van der Waals surface area (Å²) < 4.78 is 22.6. The number of thioether (sulfide) groups is 1. The van der Waals surface area contributed by atoms with Gasteiger partial charge in [-0.25, -0.2) is 8.42 Å². The minimum atomic E-state index is -3.15. The van der Waals surface area contributed by atoms with Crippen LogP contribution < -0.4 is 11.5 Å². The van der Waals surface area contributed by atoms with Gasteiger partial charge in [-0.05, 0) is 49.8 Å². The molecule has 1 unspecified atom stereocenters. The molecule has 20 heavy (non-hydrogen) atoms. The van der Waals surface area contributed by atoms with Crippen LogP contribution in [-0.2, 0) is 14.6 Å². The van der Waals surface area contributed by atoms with E-state index in [4.69, 9.17) is 11.5 Å². The number of amides is 1. The van der Waals surface area contributed by atoms with E-state index in [0.717, 1.165) is 17.1 Å². The van der Waals surface area contributed by atoms with Gasteiger partial charge in [0.25, 0.3) is 0 Å². The van der Waals surface area contributed by atoms with E-state index in [1.165, 1.54) is 6.26 Å². The second-order valence-corrected chi connectivity index (χ2v) is 8.16. The molecule has 0 fully saturated rings. The molecule has 0 bridgehead atoms. The molecule has 112 valence electrons. The van der Waals surface area contributed by atoms with Crippen molar-refractivity contribution in [2.45, 2.75) is 35.1 Å². The van der Waals surface area contributed by atoms with Gasteiger partial charge < -0.3 is 11.5 Å². The van der Waals surface area contributed by atoms with Crippen molar-refractivity contribution in [1.82, 2.24) is 0 Å². The Morgan fingerprint density at radius 1 is 1.30 bits per heavy atom. The smallest absolute Gasteiger partial charge is 0.237 e. The van der Waals surface area contributed by atoms with Crippen molar-refractivity contribution in [3.8, 4) is 0 Å². The summed E-state index contributed by atoms with van der Waals surface area (Å²) in [5.41, 5.74) is 9.98. The molecule has 0 radical (unpaired) electrons. The first-order chi connectivity index (χ1) is 9.13. The average molecular weight is 316 g/mol. The number of carbonyl (C=O) groups is 1. The van der Waals surface area contributed by atoms with Crippen molar-refractivity contribution in [2.75, 3.05) is 12.0 Å². The molecule has 5 nitrogen and oxygen atoms in total. The molecule has 0 saturated heterocycles. The monoisotopic (exact) mass is 316 g/mol. The maximum atomic E-state index is 11.3. The van der Waals surface area contributed by atoms with Crippen molar-refractivity contribution in [2.24, 2.45) is 11.5 Å². The second-order valence-electron chi connectivity index (χ2n) is 4.98. The number of sulfone groups is 1. The zero-order chi connectivity index (χ0) is 15.4. The van der Waals surface area contributed by atoms with E-state index in [2.05, 4.69) is 0 Å². The third-order valence-electron chi connectivity index (χ3n) is 2.92. The van der Waals surface area contributed by atoms with Crippen LogP contribution in [0.1, 0.15) is 19.8 Å². The highest BCUT2D eigenvalue weighted by Gasteiger charge is 2.24. The summed E-state index contributed by atoms with van der Waals surface area (Å²) in [6.45, 7) is 1.63. The number of hydrogen-bond acceptors (Lipinski definition) is 5. The molecule has 0 saturated carbocycles. The number of hydrogen-bond donors (Lipinski definition) is 2. The van der Waals surface area contributed by atoms with Crippen molar-refractivity contribution in [3.05, 3.63) is 24.3 Å². The SMILES string of the molecule is CC(N)(CCCSc1ccc(S(C)(=O)=O)cc1)C(N)=O. The third kappa shape index (κ3) is 5.15. The molecule has 1 amide bonds. The van der Waals surface area contributed by atoms with Gasteiger partial charge in [0.15, 0.2) is 9.84 Å². The maximum Gasteiger partial charge on any atom is 0.237 e. The van der Waals surface area contributed by atoms with Crippen LogP contribution in [0, 0.1) is 0 Å². The first kappa shape index (κ1) is 17.0. The van der Waals surface area contributed by atoms with Crippen molar-refractivity contribution >= 4 is 27.5 Å². The van der Waals surface area contributed by atoms with Crippen LogP contribution in [0.15, 0.2) is 34.1 Å². The number of carbonyl (C=O) groups excluding carboxylic acids is 1. The molecular weight excluding hydrogens is 296 g/mol. The van der Waals surface area contributed by atoms with Gasteiger partial charge in [0.05, 0.1) is 10.4 Å². The van der Waals surface area contributed by atoms with Gasteiger partial charge in [0.2, 0.25) is 5.91 Å². The number of rotatable bonds is 7. The topological polar surface area (TPSA) is 103 Å². The molecular formula is C13H20N2O3S2. The van der Waals surface area contributed by atoms with E-state index >= 15 is 0 Å². The zero-order valence-corrected chi connectivity index (χ0v) is 13.3. The highest BCUT2D eigenvalue weighted by molar-refractivity contribution is 7.99. The van der Waals surface area contributed by atoms with Gasteiger partial charge in [-0.15, -0.1) is 11.8 Å². The van der Waals surface area contributed by atoms with E-state index in [1.54, 1.807) is 43.0 Å². The Bertz CT molecular complexity index is 566. The highest BCUT2D eigenvalue weighted by atomic mass is 32.2. The van der Waals surface area contributed by atoms with Gasteiger partial charge in [-0.2, -0.15) is 0 Å². The molecule has 0 aliphatic heterocycles. The lowest BCUT2D eigenvalue weighted by atomic mass is 9.97. The van der Waals surface area contributed by atoms with Crippen molar-refractivity contribution < 1.29 is 13.2 Å². The van der Waals surface area contributed by atoms with Gasteiger partial charge >= 0.3 is 0 Å². The molecule has 0 spiro atoms. The molecule has 1 aromatic carbocycles. The molecule has 0 aliphatic rings. The minimum Gasteiger partial charge on any atom is -0.368 e. The maximum absolute atomic E-state index is 11.3. The Morgan fingerprint density at radius 3 is 2.30 bits per heavy atom. The van der Waals surface area contributed by atoms with E-state index in [0.29, 0.717) is 11.3 Å². The van der Waals surface area contributed by atoms with E-state index in [9.17, 15) is 13.2 Å². The summed E-state index contributed by atoms with van der Waals surface area (Å²) in [6, 6.07) is 6.73. The Hall–Kier alpha value is -1.05. The summed E-state index contributed by atoms with van der Waals surface area (Å²) in [6.07, 6.45) is 2.46. The quantitative estimate of drug-likeness (QED) is 0.580. The van der Waals surface area contributed by atoms with Crippen LogP contribution >= 0.6 is 11.8 Å². The summed E-state index contributed by atoms with van der Waals surface area (Å²) in [7, 11) is -3.15. The lowest BCUT2D eigenvalue weighted by Crippen LogP contribution is -2.49. The Balaban J connectivity index is 2.46. The molecule has 1 atom stereocenters. The number of benzene rings is 1. The molecule has 0 aliphatic carbocycles. The van der Waals surface area contributed by atoms with Crippen molar-refractivity contribution in [1.29, 1.82) is 0 Å². The second kappa shape index (κ2) is 6.60. The van der Waals surface area contributed by atoms with Gasteiger partial charge in [-0.3, -0.25) is 4.79 Å². The predicted molar refractivity (Wildman–Crippen MR) is 81.3 cm³/mol. The fraction of sp³-hybridized carbons (Fsp3) is 0.462. The molecule has 1 aromatic rings. The van der Waals surface area contributed by atoms with Crippen LogP contribution in [0.2, 0.25) is 0 Å². The minimum absolute atomic E-state index is 0.310. The molecule has 7 heteroatoms. The van der Waals surface area contributed by atoms with Crippen LogP contribution in [-0.4, -0.2) is 31.9 Å². The van der Waals surface area contributed by atoms with Crippen LogP contribution in [0.3, 0.4) is 0 Å². The number of primary amides is 1. The van der Waals surface area contributed by atoms with Gasteiger partial charge in [-0.1, -0.05) is 0 Å². The summed E-state index contributed by atoms with van der Waals surface area (Å²) in [4.78, 5) is 12.3. The van der Waals surface area contributed by atoms with Gasteiger partial charge in [0, 0.05) is 11.2 Å². The Kier molecular flexibility index (Phi) is 5.61. The fourth-order valence-electron chi connectivity index (χ4n) is 1.54. The Morgan fingerprint density at radius 2 is 1.85 bits per heavy atom. The lowest BCUT2D eigenvalue weighted by Gasteiger charge is -2.19. The van der Waals surface area contributed by atoms with Crippen LogP contribution in [0.5, 0.6) is 0 Å². The van der Waals surface area contributed by atoms with E-state index in [-0.39, 0.29) is 0 Å². The Labute approximate surface area is 124 Å². The van der Waals surface area contributed by atoms with E-state index < -0.39 is 21.3 Å². The zero-order valence-electron chi connectivity index (χ0n) is 11.6. The van der Waals surface area contributed by atoms with Crippen LogP contribution in [0.25, 0.3) is 0 Å². The van der Waals surface area contributed by atoms with Gasteiger partial charge in [0.1, 0.15) is 0 Å².